The predicted octanol–water partition coefficient (Wildman–Crippen LogP) is 1.09. The first-order valence-electron chi connectivity index (χ1n) is 5.83. The maximum atomic E-state index is 11.7. The Balaban J connectivity index is 2.29. The van der Waals surface area contributed by atoms with Gasteiger partial charge in [-0.1, -0.05) is 0 Å². The van der Waals surface area contributed by atoms with Crippen LogP contribution in [0.5, 0.6) is 0 Å². The fourth-order valence-electron chi connectivity index (χ4n) is 1.94. The molecule has 1 heterocycles. The fraction of sp³-hybridized carbons (Fsp3) is 0.909. The summed E-state index contributed by atoms with van der Waals surface area (Å²) < 4.78 is 0. The molecule has 1 rings (SSSR count). The molecule has 0 N–H and O–H groups in total. The molecule has 0 radical (unpaired) electrons. The summed E-state index contributed by atoms with van der Waals surface area (Å²) in [5.74, 6) is 0. The molecule has 1 saturated heterocycles. The van der Waals surface area contributed by atoms with E-state index in [-0.39, 0.29) is 6.03 Å². The van der Waals surface area contributed by atoms with Crippen molar-refractivity contribution < 1.29 is 4.79 Å². The van der Waals surface area contributed by atoms with Gasteiger partial charge in [-0.3, -0.25) is 0 Å². The minimum Gasteiger partial charge on any atom is -0.331 e. The van der Waals surface area contributed by atoms with Crippen LogP contribution in [0, 0.1) is 0 Å². The van der Waals surface area contributed by atoms with Crippen LogP contribution in [0.2, 0.25) is 0 Å². The average molecular weight is 213 g/mol. The summed E-state index contributed by atoms with van der Waals surface area (Å²) in [5.41, 5.74) is 0. The highest BCUT2D eigenvalue weighted by Gasteiger charge is 2.16. The molecule has 0 aromatic rings. The number of carbonyl (C=O) groups is 1. The molecule has 0 atom stereocenters. The van der Waals surface area contributed by atoms with E-state index in [9.17, 15) is 4.79 Å². The van der Waals surface area contributed by atoms with E-state index >= 15 is 0 Å². The van der Waals surface area contributed by atoms with Gasteiger partial charge in [0, 0.05) is 33.7 Å². The molecule has 88 valence electrons. The van der Waals surface area contributed by atoms with E-state index < -0.39 is 0 Å². The summed E-state index contributed by atoms with van der Waals surface area (Å²) in [6.07, 6.45) is 2.63. The van der Waals surface area contributed by atoms with E-state index in [4.69, 9.17) is 0 Å². The van der Waals surface area contributed by atoms with Crippen molar-refractivity contribution in [1.82, 2.24) is 14.7 Å². The fourth-order valence-corrected chi connectivity index (χ4v) is 1.94. The van der Waals surface area contributed by atoms with E-state index in [0.29, 0.717) is 0 Å². The lowest BCUT2D eigenvalue weighted by Gasteiger charge is -2.26. The van der Waals surface area contributed by atoms with Gasteiger partial charge in [0.05, 0.1) is 0 Å². The van der Waals surface area contributed by atoms with Crippen LogP contribution in [-0.2, 0) is 0 Å². The lowest BCUT2D eigenvalue weighted by molar-refractivity contribution is 0.166. The first kappa shape index (κ1) is 12.3. The average Bonchev–Trinajstić information content (AvgIpc) is 2.71. The van der Waals surface area contributed by atoms with E-state index in [1.807, 2.05) is 11.8 Å². The summed E-state index contributed by atoms with van der Waals surface area (Å²) in [7, 11) is 3.61. The molecule has 0 aliphatic carbocycles. The molecule has 4 heteroatoms. The summed E-state index contributed by atoms with van der Waals surface area (Å²) in [6, 6.07) is 0.122. The van der Waals surface area contributed by atoms with Crippen molar-refractivity contribution in [2.24, 2.45) is 0 Å². The minimum atomic E-state index is 0.122. The van der Waals surface area contributed by atoms with Crippen molar-refractivity contribution in [3.8, 4) is 0 Å². The molecule has 0 aromatic heterocycles. The molecule has 0 spiro atoms. The number of likely N-dealkylation sites (tertiary alicyclic amines) is 1. The zero-order valence-corrected chi connectivity index (χ0v) is 10.2. The van der Waals surface area contributed by atoms with Crippen LogP contribution >= 0.6 is 0 Å². The highest BCUT2D eigenvalue weighted by molar-refractivity contribution is 5.73. The van der Waals surface area contributed by atoms with Crippen LogP contribution in [0.15, 0.2) is 0 Å². The molecular weight excluding hydrogens is 190 g/mol. The normalized spacial score (nSPS) is 16.7. The second-order valence-electron chi connectivity index (χ2n) is 4.31. The van der Waals surface area contributed by atoms with E-state index in [1.54, 1.807) is 19.0 Å². The van der Waals surface area contributed by atoms with Gasteiger partial charge in [0.2, 0.25) is 0 Å². The smallest absolute Gasteiger partial charge is 0.319 e. The first-order chi connectivity index (χ1) is 7.15. The molecule has 1 aliphatic heterocycles. The summed E-state index contributed by atoms with van der Waals surface area (Å²) >= 11 is 0. The number of amides is 2. The molecule has 1 aliphatic rings. The van der Waals surface area contributed by atoms with Crippen molar-refractivity contribution in [3.05, 3.63) is 0 Å². The SMILES string of the molecule is CCN(CCN1CCCC1)C(=O)N(C)C. The van der Waals surface area contributed by atoms with Crippen LogP contribution in [0.4, 0.5) is 4.79 Å². The number of likely N-dealkylation sites (N-methyl/N-ethyl adjacent to an activating group) is 1. The molecular formula is C11H23N3O. The molecule has 15 heavy (non-hydrogen) atoms. The Morgan fingerprint density at radius 2 is 1.87 bits per heavy atom. The van der Waals surface area contributed by atoms with Crippen molar-refractivity contribution in [1.29, 1.82) is 0 Å². The Morgan fingerprint density at radius 1 is 1.27 bits per heavy atom. The highest BCUT2D eigenvalue weighted by Crippen LogP contribution is 2.07. The molecule has 0 aromatic carbocycles. The topological polar surface area (TPSA) is 26.8 Å². The largest absolute Gasteiger partial charge is 0.331 e. The number of carbonyl (C=O) groups excluding carboxylic acids is 1. The molecule has 1 fully saturated rings. The van der Waals surface area contributed by atoms with Gasteiger partial charge >= 0.3 is 6.03 Å². The van der Waals surface area contributed by atoms with Gasteiger partial charge in [0.25, 0.3) is 0 Å². The van der Waals surface area contributed by atoms with Crippen molar-refractivity contribution >= 4 is 6.03 Å². The van der Waals surface area contributed by atoms with Gasteiger partial charge in [-0.05, 0) is 32.9 Å². The van der Waals surface area contributed by atoms with Gasteiger partial charge in [-0.15, -0.1) is 0 Å². The van der Waals surface area contributed by atoms with Gasteiger partial charge in [0.1, 0.15) is 0 Å². The van der Waals surface area contributed by atoms with E-state index in [2.05, 4.69) is 4.90 Å². The third-order valence-electron chi connectivity index (χ3n) is 2.92. The quantitative estimate of drug-likeness (QED) is 0.699. The third kappa shape index (κ3) is 3.70. The molecule has 0 saturated carbocycles. The van der Waals surface area contributed by atoms with E-state index in [1.165, 1.54) is 25.9 Å². The van der Waals surface area contributed by atoms with Crippen LogP contribution in [0.3, 0.4) is 0 Å². The summed E-state index contributed by atoms with van der Waals surface area (Å²) in [6.45, 7) is 7.11. The van der Waals surface area contributed by atoms with Crippen LogP contribution in [0.1, 0.15) is 19.8 Å². The second kappa shape index (κ2) is 5.95. The number of rotatable bonds is 4. The standard InChI is InChI=1S/C11H23N3O/c1-4-14(11(15)12(2)3)10-9-13-7-5-6-8-13/h4-10H2,1-3H3. The Bertz CT molecular complexity index is 200. The van der Waals surface area contributed by atoms with E-state index in [0.717, 1.165) is 19.6 Å². The van der Waals surface area contributed by atoms with Crippen molar-refractivity contribution in [2.75, 3.05) is 46.8 Å². The minimum absolute atomic E-state index is 0.122. The number of hydrogen-bond donors (Lipinski definition) is 0. The van der Waals surface area contributed by atoms with Crippen LogP contribution in [0.25, 0.3) is 0 Å². The predicted molar refractivity (Wildman–Crippen MR) is 62.0 cm³/mol. The van der Waals surface area contributed by atoms with Crippen molar-refractivity contribution in [3.63, 3.8) is 0 Å². The zero-order chi connectivity index (χ0) is 11.3. The third-order valence-corrected chi connectivity index (χ3v) is 2.92. The number of nitrogens with zero attached hydrogens (tertiary/aromatic N) is 3. The number of hydrogen-bond acceptors (Lipinski definition) is 2. The first-order valence-corrected chi connectivity index (χ1v) is 5.83. The summed E-state index contributed by atoms with van der Waals surface area (Å²) in [5, 5.41) is 0. The molecule has 2 amide bonds. The van der Waals surface area contributed by atoms with Gasteiger partial charge in [-0.25, -0.2) is 4.79 Å². The lowest BCUT2D eigenvalue weighted by atomic mass is 10.4. The maximum absolute atomic E-state index is 11.7. The van der Waals surface area contributed by atoms with Crippen molar-refractivity contribution in [2.45, 2.75) is 19.8 Å². The Kier molecular flexibility index (Phi) is 4.88. The van der Waals surface area contributed by atoms with Crippen LogP contribution in [-0.4, -0.2) is 67.5 Å². The molecule has 0 bridgehead atoms. The lowest BCUT2D eigenvalue weighted by Crippen LogP contribution is -2.42. The second-order valence-corrected chi connectivity index (χ2v) is 4.31. The highest BCUT2D eigenvalue weighted by atomic mass is 16.2. The van der Waals surface area contributed by atoms with Gasteiger partial charge < -0.3 is 14.7 Å². The molecule has 0 unspecified atom stereocenters. The maximum Gasteiger partial charge on any atom is 0.319 e. The Morgan fingerprint density at radius 3 is 2.33 bits per heavy atom. The Hall–Kier alpha value is -0.770. The monoisotopic (exact) mass is 213 g/mol. The van der Waals surface area contributed by atoms with Gasteiger partial charge in [0.15, 0.2) is 0 Å². The summed E-state index contributed by atoms with van der Waals surface area (Å²) in [4.78, 5) is 17.7. The van der Waals surface area contributed by atoms with Gasteiger partial charge in [-0.2, -0.15) is 0 Å². The zero-order valence-electron chi connectivity index (χ0n) is 10.2. The molecule has 4 nitrogen and oxygen atoms in total. The number of urea groups is 1. The Labute approximate surface area is 92.8 Å². The van der Waals surface area contributed by atoms with Crippen LogP contribution < -0.4 is 0 Å².